The Bertz CT molecular complexity index is 384. The second-order valence-electron chi connectivity index (χ2n) is 5.80. The Morgan fingerprint density at radius 1 is 1.33 bits per heavy atom. The number of morpholine rings is 1. The fourth-order valence-electron chi connectivity index (χ4n) is 2.50. The van der Waals surface area contributed by atoms with Gasteiger partial charge >= 0.3 is 0 Å². The van der Waals surface area contributed by atoms with Crippen molar-refractivity contribution in [2.24, 2.45) is 0 Å². The molecule has 0 amide bonds. The zero-order valence-corrected chi connectivity index (χ0v) is 13.3. The lowest BCUT2D eigenvalue weighted by molar-refractivity contribution is -0.0371. The molecule has 2 rings (SSSR count). The minimum absolute atomic E-state index is 0.316. The maximum atomic E-state index is 5.80. The number of rotatable bonds is 8. The quantitative estimate of drug-likeness (QED) is 0.745. The van der Waals surface area contributed by atoms with Crippen LogP contribution in [0.15, 0.2) is 30.3 Å². The number of benzene rings is 1. The monoisotopic (exact) mass is 292 g/mol. The number of hydrogen-bond donors (Lipinski definition) is 1. The van der Waals surface area contributed by atoms with E-state index in [1.54, 1.807) is 0 Å². The van der Waals surface area contributed by atoms with Gasteiger partial charge in [-0.25, -0.2) is 0 Å². The molecule has 1 unspecified atom stereocenters. The van der Waals surface area contributed by atoms with Crippen LogP contribution in [0.4, 0.5) is 0 Å². The smallest absolute Gasteiger partial charge is 0.119 e. The summed E-state index contributed by atoms with van der Waals surface area (Å²) in [5, 5.41) is 3.47. The van der Waals surface area contributed by atoms with Crippen molar-refractivity contribution in [2.45, 2.75) is 32.4 Å². The first-order valence-corrected chi connectivity index (χ1v) is 8.00. The van der Waals surface area contributed by atoms with Crippen LogP contribution in [0.25, 0.3) is 0 Å². The number of nitrogens with one attached hydrogen (secondary N) is 1. The SMILES string of the molecule is CC(C)N1CCOC(CNCCCOc2ccccc2)C1. The van der Waals surface area contributed by atoms with Crippen molar-refractivity contribution in [3.63, 3.8) is 0 Å². The Hall–Kier alpha value is -1.10. The molecule has 1 aliphatic rings. The van der Waals surface area contributed by atoms with Crippen LogP contribution in [0, 0.1) is 0 Å². The van der Waals surface area contributed by atoms with Crippen molar-refractivity contribution >= 4 is 0 Å². The van der Waals surface area contributed by atoms with Gasteiger partial charge in [0.25, 0.3) is 0 Å². The highest BCUT2D eigenvalue weighted by atomic mass is 16.5. The minimum Gasteiger partial charge on any atom is -0.494 e. The molecule has 4 heteroatoms. The van der Waals surface area contributed by atoms with Gasteiger partial charge < -0.3 is 14.8 Å². The summed E-state index contributed by atoms with van der Waals surface area (Å²) in [6, 6.07) is 10.6. The lowest BCUT2D eigenvalue weighted by Crippen LogP contribution is -2.49. The molecule has 4 nitrogen and oxygen atoms in total. The highest BCUT2D eigenvalue weighted by Gasteiger charge is 2.21. The summed E-state index contributed by atoms with van der Waals surface area (Å²) < 4.78 is 11.5. The Morgan fingerprint density at radius 3 is 2.90 bits per heavy atom. The molecular weight excluding hydrogens is 264 g/mol. The van der Waals surface area contributed by atoms with Crippen LogP contribution in [0.1, 0.15) is 20.3 Å². The van der Waals surface area contributed by atoms with Gasteiger partial charge in [0.05, 0.1) is 19.3 Å². The van der Waals surface area contributed by atoms with Crippen molar-refractivity contribution in [3.8, 4) is 5.75 Å². The van der Waals surface area contributed by atoms with E-state index in [0.29, 0.717) is 12.1 Å². The van der Waals surface area contributed by atoms with Crippen molar-refractivity contribution in [3.05, 3.63) is 30.3 Å². The minimum atomic E-state index is 0.316. The van der Waals surface area contributed by atoms with E-state index < -0.39 is 0 Å². The summed E-state index contributed by atoms with van der Waals surface area (Å²) in [6.45, 7) is 10.1. The van der Waals surface area contributed by atoms with Gasteiger partial charge in [-0.05, 0) is 38.9 Å². The normalized spacial score (nSPS) is 19.9. The molecule has 118 valence electrons. The molecule has 1 fully saturated rings. The summed E-state index contributed by atoms with van der Waals surface area (Å²) in [4.78, 5) is 2.48. The summed E-state index contributed by atoms with van der Waals surface area (Å²) >= 11 is 0. The first-order chi connectivity index (χ1) is 10.3. The topological polar surface area (TPSA) is 33.7 Å². The molecule has 1 aliphatic heterocycles. The van der Waals surface area contributed by atoms with Crippen molar-refractivity contribution in [2.75, 3.05) is 39.4 Å². The van der Waals surface area contributed by atoms with Gasteiger partial charge in [-0.2, -0.15) is 0 Å². The third kappa shape index (κ3) is 6.04. The fraction of sp³-hybridized carbons (Fsp3) is 0.647. The van der Waals surface area contributed by atoms with Gasteiger partial charge in [-0.3, -0.25) is 4.90 Å². The lowest BCUT2D eigenvalue weighted by atomic mass is 10.2. The van der Waals surface area contributed by atoms with Crippen LogP contribution in [0.5, 0.6) is 5.75 Å². The van der Waals surface area contributed by atoms with E-state index in [0.717, 1.165) is 51.6 Å². The Balaban J connectivity index is 1.51. The molecule has 21 heavy (non-hydrogen) atoms. The van der Waals surface area contributed by atoms with Crippen LogP contribution in [-0.4, -0.2) is 56.4 Å². The van der Waals surface area contributed by atoms with Crippen LogP contribution >= 0.6 is 0 Å². The van der Waals surface area contributed by atoms with E-state index in [2.05, 4.69) is 24.1 Å². The first kappa shape index (κ1) is 16.3. The largest absolute Gasteiger partial charge is 0.494 e. The molecule has 0 saturated carbocycles. The van der Waals surface area contributed by atoms with Crippen molar-refractivity contribution < 1.29 is 9.47 Å². The molecule has 0 spiro atoms. The summed E-state index contributed by atoms with van der Waals surface area (Å²) in [5.41, 5.74) is 0. The van der Waals surface area contributed by atoms with Crippen molar-refractivity contribution in [1.82, 2.24) is 10.2 Å². The van der Waals surface area contributed by atoms with E-state index in [1.165, 1.54) is 0 Å². The summed E-state index contributed by atoms with van der Waals surface area (Å²) in [6.07, 6.45) is 1.33. The molecule has 1 aromatic rings. The first-order valence-electron chi connectivity index (χ1n) is 8.00. The molecule has 1 atom stereocenters. The zero-order chi connectivity index (χ0) is 14.9. The van der Waals surface area contributed by atoms with Gasteiger partial charge in [-0.1, -0.05) is 18.2 Å². The molecular formula is C17H28N2O2. The third-order valence-electron chi connectivity index (χ3n) is 3.78. The van der Waals surface area contributed by atoms with Crippen LogP contribution in [-0.2, 0) is 4.74 Å². The average molecular weight is 292 g/mol. The highest BCUT2D eigenvalue weighted by Crippen LogP contribution is 2.09. The molecule has 1 saturated heterocycles. The van der Waals surface area contributed by atoms with Gasteiger partial charge in [0.15, 0.2) is 0 Å². The predicted octanol–water partition coefficient (Wildman–Crippen LogP) is 2.15. The van der Waals surface area contributed by atoms with Crippen LogP contribution < -0.4 is 10.1 Å². The number of nitrogens with zero attached hydrogens (tertiary/aromatic N) is 1. The number of ether oxygens (including phenoxy) is 2. The molecule has 0 aliphatic carbocycles. The van der Waals surface area contributed by atoms with Crippen LogP contribution in [0.2, 0.25) is 0 Å². The number of para-hydroxylation sites is 1. The number of hydrogen-bond acceptors (Lipinski definition) is 4. The summed E-state index contributed by atoms with van der Waals surface area (Å²) in [7, 11) is 0. The zero-order valence-electron chi connectivity index (χ0n) is 13.3. The third-order valence-corrected chi connectivity index (χ3v) is 3.78. The Kier molecular flexibility index (Phi) is 7.00. The fourth-order valence-corrected chi connectivity index (χ4v) is 2.50. The molecule has 1 aromatic carbocycles. The Labute approximate surface area is 128 Å². The van der Waals surface area contributed by atoms with Gasteiger partial charge in [0.2, 0.25) is 0 Å². The molecule has 1 heterocycles. The van der Waals surface area contributed by atoms with E-state index in [-0.39, 0.29) is 0 Å². The standard InChI is InChI=1S/C17H28N2O2/c1-15(2)19-10-12-21-17(14-19)13-18-9-6-11-20-16-7-4-3-5-8-16/h3-5,7-8,15,17-18H,6,9-14H2,1-2H3. The summed E-state index contributed by atoms with van der Waals surface area (Å²) in [5.74, 6) is 0.945. The van der Waals surface area contributed by atoms with Gasteiger partial charge in [-0.15, -0.1) is 0 Å². The van der Waals surface area contributed by atoms with E-state index in [1.807, 2.05) is 30.3 Å². The van der Waals surface area contributed by atoms with Gasteiger partial charge in [0.1, 0.15) is 5.75 Å². The second kappa shape index (κ2) is 9.03. The van der Waals surface area contributed by atoms with E-state index >= 15 is 0 Å². The maximum Gasteiger partial charge on any atom is 0.119 e. The molecule has 1 N–H and O–H groups in total. The molecule has 0 aromatic heterocycles. The molecule has 0 radical (unpaired) electrons. The van der Waals surface area contributed by atoms with Crippen LogP contribution in [0.3, 0.4) is 0 Å². The second-order valence-corrected chi connectivity index (χ2v) is 5.80. The average Bonchev–Trinajstić information content (AvgIpc) is 2.52. The lowest BCUT2D eigenvalue weighted by Gasteiger charge is -2.35. The molecule has 0 bridgehead atoms. The van der Waals surface area contributed by atoms with Gasteiger partial charge in [0, 0.05) is 25.7 Å². The maximum absolute atomic E-state index is 5.80. The van der Waals surface area contributed by atoms with Crippen molar-refractivity contribution in [1.29, 1.82) is 0 Å². The Morgan fingerprint density at radius 2 is 2.14 bits per heavy atom. The highest BCUT2D eigenvalue weighted by molar-refractivity contribution is 5.20. The van der Waals surface area contributed by atoms with E-state index in [9.17, 15) is 0 Å². The van der Waals surface area contributed by atoms with E-state index in [4.69, 9.17) is 9.47 Å². The predicted molar refractivity (Wildman–Crippen MR) is 85.9 cm³/mol.